The second-order valence-corrected chi connectivity index (χ2v) is 8.63. The fraction of sp³-hybridized carbons (Fsp3) is 0.167. The molecule has 0 spiro atoms. The largest absolute Gasteiger partial charge is 0.329 e. The van der Waals surface area contributed by atoms with Crippen LogP contribution in [-0.2, 0) is 4.79 Å². The van der Waals surface area contributed by atoms with Gasteiger partial charge in [-0.2, -0.15) is 0 Å². The minimum absolute atomic E-state index is 0.103. The van der Waals surface area contributed by atoms with Crippen LogP contribution >= 0.6 is 11.3 Å². The van der Waals surface area contributed by atoms with Crippen molar-refractivity contribution in [3.05, 3.63) is 87.3 Å². The first-order chi connectivity index (χ1) is 14.5. The van der Waals surface area contributed by atoms with Crippen molar-refractivity contribution in [2.75, 3.05) is 10.6 Å². The molecule has 0 saturated heterocycles. The predicted molar refractivity (Wildman–Crippen MR) is 123 cm³/mol. The third-order valence-corrected chi connectivity index (χ3v) is 6.44. The predicted octanol–water partition coefficient (Wildman–Crippen LogP) is 5.64. The summed E-state index contributed by atoms with van der Waals surface area (Å²) in [6.45, 7) is 6.01. The zero-order valence-corrected chi connectivity index (χ0v) is 17.9. The summed E-state index contributed by atoms with van der Waals surface area (Å²) in [5, 5.41) is 8.54. The monoisotopic (exact) mass is 414 g/mol. The fourth-order valence-corrected chi connectivity index (χ4v) is 4.94. The molecule has 1 aliphatic rings. The van der Waals surface area contributed by atoms with Gasteiger partial charge in [-0.3, -0.25) is 9.36 Å². The first kappa shape index (κ1) is 18.6. The van der Waals surface area contributed by atoms with Crippen molar-refractivity contribution in [1.29, 1.82) is 0 Å². The minimum atomic E-state index is -0.237. The second-order valence-electron chi connectivity index (χ2n) is 7.65. The molecule has 0 bridgehead atoms. The number of allylic oxidation sites excluding steroid dienone is 1. The highest BCUT2D eigenvalue weighted by Crippen LogP contribution is 2.41. The van der Waals surface area contributed by atoms with E-state index in [-0.39, 0.29) is 11.9 Å². The number of aryl methyl sites for hydroxylation is 2. The van der Waals surface area contributed by atoms with Crippen molar-refractivity contribution in [3.63, 3.8) is 0 Å². The molecule has 0 fully saturated rings. The molecule has 5 nitrogen and oxygen atoms in total. The zero-order valence-electron chi connectivity index (χ0n) is 17.1. The molecule has 30 heavy (non-hydrogen) atoms. The molecule has 6 heteroatoms. The SMILES string of the molecule is CC1=C(C(=O)Nc2ccc(C)cc2C)[C@H](c2cccs2)n2c(nc3ccccc32)N1. The van der Waals surface area contributed by atoms with Crippen LogP contribution in [0.5, 0.6) is 0 Å². The van der Waals surface area contributed by atoms with Gasteiger partial charge in [-0.05, 0) is 56.0 Å². The van der Waals surface area contributed by atoms with Gasteiger partial charge in [0, 0.05) is 16.3 Å². The van der Waals surface area contributed by atoms with Crippen molar-refractivity contribution in [1.82, 2.24) is 9.55 Å². The standard InChI is InChI=1S/C24H22N4OS/c1-14-10-11-17(15(2)13-14)26-23(29)21-16(3)25-24-27-18-7-4-5-8-19(18)28(24)22(21)20-9-6-12-30-20/h4-13,22H,1-3H3,(H,25,27)(H,26,29)/t22-/m0/s1. The molecule has 0 unspecified atom stereocenters. The normalized spacial score (nSPS) is 15.8. The van der Waals surface area contributed by atoms with E-state index in [0.29, 0.717) is 5.57 Å². The lowest BCUT2D eigenvalue weighted by Crippen LogP contribution is -2.30. The summed E-state index contributed by atoms with van der Waals surface area (Å²) in [7, 11) is 0. The number of carbonyl (C=O) groups excluding carboxylic acids is 1. The van der Waals surface area contributed by atoms with E-state index >= 15 is 0 Å². The maximum Gasteiger partial charge on any atom is 0.255 e. The molecule has 1 amide bonds. The van der Waals surface area contributed by atoms with Crippen molar-refractivity contribution in [2.24, 2.45) is 0 Å². The summed E-state index contributed by atoms with van der Waals surface area (Å²) < 4.78 is 2.13. The minimum Gasteiger partial charge on any atom is -0.329 e. The Morgan fingerprint density at radius 2 is 1.93 bits per heavy atom. The number of benzene rings is 2. The number of hydrogen-bond donors (Lipinski definition) is 2. The van der Waals surface area contributed by atoms with Crippen LogP contribution in [0.25, 0.3) is 11.0 Å². The van der Waals surface area contributed by atoms with Gasteiger partial charge in [0.1, 0.15) is 6.04 Å². The number of amides is 1. The number of rotatable bonds is 3. The molecule has 0 saturated carbocycles. The van der Waals surface area contributed by atoms with Crippen molar-refractivity contribution < 1.29 is 4.79 Å². The van der Waals surface area contributed by atoms with Crippen LogP contribution in [-0.4, -0.2) is 15.5 Å². The molecule has 2 aromatic carbocycles. The highest BCUT2D eigenvalue weighted by molar-refractivity contribution is 7.10. The average molecular weight is 415 g/mol. The highest BCUT2D eigenvalue weighted by Gasteiger charge is 2.34. The number of nitrogens with one attached hydrogen (secondary N) is 2. The molecule has 2 N–H and O–H groups in total. The molecule has 2 aromatic heterocycles. The van der Waals surface area contributed by atoms with Crippen molar-refractivity contribution >= 4 is 39.9 Å². The van der Waals surface area contributed by atoms with Gasteiger partial charge >= 0.3 is 0 Å². The van der Waals surface area contributed by atoms with Crippen LogP contribution in [0.15, 0.2) is 71.2 Å². The van der Waals surface area contributed by atoms with Crippen LogP contribution in [0.1, 0.15) is 29.0 Å². The fourth-order valence-electron chi connectivity index (χ4n) is 4.12. The summed E-state index contributed by atoms with van der Waals surface area (Å²) in [4.78, 5) is 19.4. The number of imidazole rings is 1. The van der Waals surface area contributed by atoms with Gasteiger partial charge in [-0.25, -0.2) is 4.98 Å². The Hall–Kier alpha value is -3.38. The van der Waals surface area contributed by atoms with Crippen LogP contribution in [0.3, 0.4) is 0 Å². The van der Waals surface area contributed by atoms with E-state index in [1.807, 2.05) is 55.6 Å². The van der Waals surface area contributed by atoms with Crippen LogP contribution < -0.4 is 10.6 Å². The van der Waals surface area contributed by atoms with Gasteiger partial charge in [0.25, 0.3) is 5.91 Å². The number of anilines is 2. The summed E-state index contributed by atoms with van der Waals surface area (Å²) >= 11 is 1.65. The van der Waals surface area contributed by atoms with Crippen LogP contribution in [0.4, 0.5) is 11.6 Å². The van der Waals surface area contributed by atoms with E-state index in [1.54, 1.807) is 11.3 Å². The number of hydrogen-bond acceptors (Lipinski definition) is 4. The Kier molecular flexibility index (Phi) is 4.44. The van der Waals surface area contributed by atoms with Gasteiger partial charge in [-0.1, -0.05) is 35.9 Å². The Morgan fingerprint density at radius 3 is 2.70 bits per heavy atom. The number of fused-ring (bicyclic) bond motifs is 3. The third kappa shape index (κ3) is 3.00. The Labute approximate surface area is 179 Å². The quantitative estimate of drug-likeness (QED) is 0.456. The summed E-state index contributed by atoms with van der Waals surface area (Å²) in [5.74, 6) is 0.656. The van der Waals surface area contributed by atoms with E-state index in [4.69, 9.17) is 4.98 Å². The number of carbonyl (C=O) groups is 1. The van der Waals surface area contributed by atoms with Crippen molar-refractivity contribution in [3.8, 4) is 0 Å². The lowest BCUT2D eigenvalue weighted by atomic mass is 9.99. The molecule has 1 atom stereocenters. The topological polar surface area (TPSA) is 59.0 Å². The summed E-state index contributed by atoms with van der Waals surface area (Å²) in [5.41, 5.74) is 6.48. The van der Waals surface area contributed by atoms with Gasteiger partial charge in [0.2, 0.25) is 5.95 Å². The highest BCUT2D eigenvalue weighted by atomic mass is 32.1. The smallest absolute Gasteiger partial charge is 0.255 e. The lowest BCUT2D eigenvalue weighted by Gasteiger charge is -2.30. The van der Waals surface area contributed by atoms with Crippen LogP contribution in [0, 0.1) is 13.8 Å². The molecule has 1 aliphatic heterocycles. The lowest BCUT2D eigenvalue weighted by molar-refractivity contribution is -0.113. The molecule has 150 valence electrons. The molecule has 3 heterocycles. The summed E-state index contributed by atoms with van der Waals surface area (Å²) in [6, 6.07) is 18.0. The van der Waals surface area contributed by atoms with E-state index in [1.165, 1.54) is 5.56 Å². The molecule has 4 aromatic rings. The van der Waals surface area contributed by atoms with Gasteiger partial charge in [0.15, 0.2) is 0 Å². The molecular formula is C24H22N4OS. The molecular weight excluding hydrogens is 392 g/mol. The first-order valence-corrected chi connectivity index (χ1v) is 10.8. The van der Waals surface area contributed by atoms with Gasteiger partial charge < -0.3 is 10.6 Å². The maximum atomic E-state index is 13.6. The Morgan fingerprint density at radius 1 is 1.10 bits per heavy atom. The molecule has 5 rings (SSSR count). The number of para-hydroxylation sites is 2. The third-order valence-electron chi connectivity index (χ3n) is 5.52. The Bertz CT molecular complexity index is 1300. The summed E-state index contributed by atoms with van der Waals surface area (Å²) in [6.07, 6.45) is 0. The van der Waals surface area contributed by atoms with Gasteiger partial charge in [-0.15, -0.1) is 11.3 Å². The van der Waals surface area contributed by atoms with E-state index in [9.17, 15) is 4.79 Å². The maximum absolute atomic E-state index is 13.6. The number of nitrogens with zero attached hydrogens (tertiary/aromatic N) is 2. The van der Waals surface area contributed by atoms with E-state index in [0.717, 1.165) is 38.8 Å². The zero-order chi connectivity index (χ0) is 20.8. The van der Waals surface area contributed by atoms with Crippen LogP contribution in [0.2, 0.25) is 0 Å². The molecule has 0 aliphatic carbocycles. The first-order valence-electron chi connectivity index (χ1n) is 9.89. The average Bonchev–Trinajstić information content (AvgIpc) is 3.36. The van der Waals surface area contributed by atoms with E-state index < -0.39 is 0 Å². The number of thiophene rings is 1. The van der Waals surface area contributed by atoms with E-state index in [2.05, 4.69) is 40.3 Å². The molecule has 0 radical (unpaired) electrons. The van der Waals surface area contributed by atoms with Gasteiger partial charge in [0.05, 0.1) is 16.6 Å². The number of aromatic nitrogens is 2. The second kappa shape index (κ2) is 7.15. The van der Waals surface area contributed by atoms with Crippen molar-refractivity contribution in [2.45, 2.75) is 26.8 Å². The Balaban J connectivity index is 1.63.